The number of ketones is 2. The van der Waals surface area contributed by atoms with Crippen LogP contribution in [0.3, 0.4) is 0 Å². The van der Waals surface area contributed by atoms with Crippen LogP contribution in [0.2, 0.25) is 0 Å². The van der Waals surface area contributed by atoms with Crippen LogP contribution >= 0.6 is 23.5 Å². The van der Waals surface area contributed by atoms with Crippen molar-refractivity contribution in [2.24, 2.45) is 0 Å². The molecule has 0 aliphatic rings. The van der Waals surface area contributed by atoms with Crippen LogP contribution in [0.5, 0.6) is 11.5 Å². The van der Waals surface area contributed by atoms with Gasteiger partial charge in [-0.1, -0.05) is 0 Å². The third-order valence-corrected chi connectivity index (χ3v) is 5.39. The first kappa shape index (κ1) is 19.4. The minimum Gasteiger partial charge on any atom is -0.508 e. The van der Waals surface area contributed by atoms with Crippen molar-refractivity contribution in [3.05, 3.63) is 48.5 Å². The average Bonchev–Trinajstić information content (AvgIpc) is 2.58. The lowest BCUT2D eigenvalue weighted by molar-refractivity contribution is -0.126. The molecule has 0 bridgehead atoms. The molecule has 0 aliphatic heterocycles. The maximum Gasteiger partial charge on any atom is 0.141 e. The van der Waals surface area contributed by atoms with Gasteiger partial charge in [-0.05, 0) is 48.5 Å². The number of carbonyl (C=O) groups excluding carboxylic acids is 2. The number of rotatable bonds is 10. The minimum absolute atomic E-state index is 0.00766. The predicted molar refractivity (Wildman–Crippen MR) is 102 cm³/mol. The Hall–Kier alpha value is -1.92. The zero-order chi connectivity index (χ0) is 18.1. The van der Waals surface area contributed by atoms with E-state index in [0.717, 1.165) is 9.79 Å². The van der Waals surface area contributed by atoms with Crippen LogP contribution in [0, 0.1) is 0 Å². The van der Waals surface area contributed by atoms with Gasteiger partial charge in [0.25, 0.3) is 0 Å². The summed E-state index contributed by atoms with van der Waals surface area (Å²) in [6.45, 7) is 0. The van der Waals surface area contributed by atoms with Crippen LogP contribution in [0.1, 0.15) is 19.3 Å². The largest absolute Gasteiger partial charge is 0.508 e. The molecule has 4 nitrogen and oxygen atoms in total. The summed E-state index contributed by atoms with van der Waals surface area (Å²) in [5, 5.41) is 18.4. The molecule has 132 valence electrons. The summed E-state index contributed by atoms with van der Waals surface area (Å²) < 4.78 is 0. The lowest BCUT2D eigenvalue weighted by Crippen LogP contribution is -2.09. The van der Waals surface area contributed by atoms with E-state index in [4.69, 9.17) is 0 Å². The molecule has 0 aliphatic carbocycles. The van der Waals surface area contributed by atoms with Crippen molar-refractivity contribution < 1.29 is 19.8 Å². The molecule has 2 N–H and O–H groups in total. The minimum atomic E-state index is -0.0362. The first-order valence-corrected chi connectivity index (χ1v) is 9.87. The topological polar surface area (TPSA) is 74.6 Å². The Morgan fingerprint density at radius 1 is 0.680 bits per heavy atom. The van der Waals surface area contributed by atoms with E-state index >= 15 is 0 Å². The van der Waals surface area contributed by atoms with Gasteiger partial charge in [-0.25, -0.2) is 0 Å². The number of phenols is 2. The molecule has 0 unspecified atom stereocenters. The second kappa shape index (κ2) is 10.2. The Morgan fingerprint density at radius 3 is 1.40 bits per heavy atom. The van der Waals surface area contributed by atoms with Gasteiger partial charge in [-0.2, -0.15) is 0 Å². The molecule has 2 aromatic carbocycles. The van der Waals surface area contributed by atoms with Gasteiger partial charge in [0.1, 0.15) is 23.1 Å². The molecule has 0 heterocycles. The molecular formula is C19H20O4S2. The van der Waals surface area contributed by atoms with Gasteiger partial charge in [-0.3, -0.25) is 9.59 Å². The fourth-order valence-corrected chi connectivity index (χ4v) is 3.83. The number of thioether (sulfide) groups is 2. The third kappa shape index (κ3) is 7.67. The van der Waals surface area contributed by atoms with Crippen molar-refractivity contribution in [2.75, 3.05) is 11.5 Å². The number of Topliss-reactive ketones (excluding diaryl/α,β-unsaturated/α-hetero) is 2. The van der Waals surface area contributed by atoms with Gasteiger partial charge in [0.05, 0.1) is 6.42 Å². The molecule has 0 saturated carbocycles. The molecule has 25 heavy (non-hydrogen) atoms. The standard InChI is InChI=1S/C19H20O4S2/c20-14-1-5-18(6-2-14)24-11-9-16(22)13-17(23)10-12-25-19-7-3-15(21)4-8-19/h1-8,20-21H,9-13H2. The zero-order valence-electron chi connectivity index (χ0n) is 13.7. The highest BCUT2D eigenvalue weighted by Crippen LogP contribution is 2.23. The highest BCUT2D eigenvalue weighted by molar-refractivity contribution is 7.99. The second-order valence-corrected chi connectivity index (χ2v) is 7.78. The van der Waals surface area contributed by atoms with Crippen LogP contribution in [0.4, 0.5) is 0 Å². The summed E-state index contributed by atoms with van der Waals surface area (Å²) in [6.07, 6.45) is 0.719. The van der Waals surface area contributed by atoms with E-state index in [2.05, 4.69) is 0 Å². The molecule has 0 saturated heterocycles. The maximum absolute atomic E-state index is 11.9. The molecule has 0 amide bonds. The maximum atomic E-state index is 11.9. The van der Waals surface area contributed by atoms with Gasteiger partial charge in [0.2, 0.25) is 0 Å². The number of aromatic hydroxyl groups is 2. The summed E-state index contributed by atoms with van der Waals surface area (Å²) in [5.41, 5.74) is 0. The van der Waals surface area contributed by atoms with E-state index in [9.17, 15) is 19.8 Å². The Balaban J connectivity index is 1.60. The fraction of sp³-hybridized carbons (Fsp3) is 0.263. The number of hydrogen-bond donors (Lipinski definition) is 2. The molecule has 2 aromatic rings. The van der Waals surface area contributed by atoms with E-state index in [1.54, 1.807) is 48.5 Å². The number of carbonyl (C=O) groups is 2. The molecule has 0 fully saturated rings. The highest BCUT2D eigenvalue weighted by Gasteiger charge is 2.10. The first-order chi connectivity index (χ1) is 12.0. The fourth-order valence-electron chi connectivity index (χ4n) is 2.05. The average molecular weight is 376 g/mol. The first-order valence-electron chi connectivity index (χ1n) is 7.90. The molecule has 2 rings (SSSR count). The smallest absolute Gasteiger partial charge is 0.141 e. The molecule has 0 aromatic heterocycles. The summed E-state index contributed by atoms with van der Waals surface area (Å²) in [4.78, 5) is 25.7. The quantitative estimate of drug-likeness (QED) is 0.476. The van der Waals surface area contributed by atoms with Crippen LogP contribution in [0.25, 0.3) is 0 Å². The van der Waals surface area contributed by atoms with Crippen LogP contribution in [-0.2, 0) is 9.59 Å². The molecule has 0 spiro atoms. The van der Waals surface area contributed by atoms with Crippen LogP contribution < -0.4 is 0 Å². The highest BCUT2D eigenvalue weighted by atomic mass is 32.2. The van der Waals surface area contributed by atoms with E-state index < -0.39 is 0 Å². The zero-order valence-corrected chi connectivity index (χ0v) is 15.3. The summed E-state index contributed by atoms with van der Waals surface area (Å²) in [6, 6.07) is 13.6. The van der Waals surface area contributed by atoms with E-state index in [1.165, 1.54) is 23.5 Å². The lowest BCUT2D eigenvalue weighted by atomic mass is 10.1. The van der Waals surface area contributed by atoms with Crippen molar-refractivity contribution in [3.63, 3.8) is 0 Å². The second-order valence-electron chi connectivity index (χ2n) is 5.44. The lowest BCUT2D eigenvalue weighted by Gasteiger charge is -2.03. The third-order valence-electron chi connectivity index (χ3n) is 3.37. The van der Waals surface area contributed by atoms with E-state index in [1.807, 2.05) is 0 Å². The number of phenolic OH excluding ortho intramolecular Hbond substituents is 2. The molecule has 0 atom stereocenters. The van der Waals surface area contributed by atoms with Crippen molar-refractivity contribution >= 4 is 35.1 Å². The summed E-state index contributed by atoms with van der Waals surface area (Å²) in [7, 11) is 0. The summed E-state index contributed by atoms with van der Waals surface area (Å²) >= 11 is 3.07. The summed E-state index contributed by atoms with van der Waals surface area (Å²) in [5.74, 6) is 1.61. The van der Waals surface area contributed by atoms with Gasteiger partial charge in [0, 0.05) is 34.1 Å². The predicted octanol–water partition coefficient (Wildman–Crippen LogP) is 4.29. The van der Waals surface area contributed by atoms with Gasteiger partial charge in [-0.15, -0.1) is 23.5 Å². The number of hydrogen-bond acceptors (Lipinski definition) is 6. The number of benzene rings is 2. The van der Waals surface area contributed by atoms with Crippen LogP contribution in [-0.4, -0.2) is 33.3 Å². The monoisotopic (exact) mass is 376 g/mol. The van der Waals surface area contributed by atoms with Gasteiger partial charge < -0.3 is 10.2 Å². The van der Waals surface area contributed by atoms with Crippen molar-refractivity contribution in [1.82, 2.24) is 0 Å². The van der Waals surface area contributed by atoms with E-state index in [0.29, 0.717) is 24.3 Å². The molecular weight excluding hydrogens is 356 g/mol. The van der Waals surface area contributed by atoms with Crippen molar-refractivity contribution in [2.45, 2.75) is 29.1 Å². The Bertz CT molecular complexity index is 635. The Labute approximate surface area is 155 Å². The normalized spacial score (nSPS) is 10.6. The van der Waals surface area contributed by atoms with E-state index in [-0.39, 0.29) is 29.5 Å². The van der Waals surface area contributed by atoms with Crippen molar-refractivity contribution in [1.29, 1.82) is 0 Å². The van der Waals surface area contributed by atoms with Crippen LogP contribution in [0.15, 0.2) is 58.3 Å². The van der Waals surface area contributed by atoms with Gasteiger partial charge in [0.15, 0.2) is 0 Å². The Morgan fingerprint density at radius 2 is 1.04 bits per heavy atom. The SMILES string of the molecule is O=C(CCSc1ccc(O)cc1)CC(=O)CCSc1ccc(O)cc1. The Kier molecular flexibility index (Phi) is 7.88. The van der Waals surface area contributed by atoms with Gasteiger partial charge >= 0.3 is 0 Å². The molecule has 0 radical (unpaired) electrons. The van der Waals surface area contributed by atoms with Crippen molar-refractivity contribution in [3.8, 4) is 11.5 Å². The molecule has 6 heteroatoms.